The average molecular weight is 438 g/mol. The Balaban J connectivity index is 2.26. The maximum absolute atomic E-state index is 12.9. The van der Waals surface area contributed by atoms with Crippen LogP contribution >= 0.6 is 0 Å². The van der Waals surface area contributed by atoms with Crippen molar-refractivity contribution in [3.8, 4) is 0 Å². The fourth-order valence-electron chi connectivity index (χ4n) is 3.31. The predicted molar refractivity (Wildman–Crippen MR) is 117 cm³/mol. The topological polar surface area (TPSA) is 98.5 Å². The predicted octanol–water partition coefficient (Wildman–Crippen LogP) is 1.83. The SMILES string of the molecule is CCCCN(CCCC)C(=O)CCS(=O)(=O)c1ccc2c(c1)n(C)c(=O)c(=O)n2C. The molecule has 8 nitrogen and oxygen atoms in total. The Morgan fingerprint density at radius 3 is 2.00 bits per heavy atom. The van der Waals surface area contributed by atoms with E-state index in [4.69, 9.17) is 0 Å². The second-order valence-electron chi connectivity index (χ2n) is 7.54. The van der Waals surface area contributed by atoms with Gasteiger partial charge in [0.05, 0.1) is 21.7 Å². The number of carbonyl (C=O) groups is 1. The smallest absolute Gasteiger partial charge is 0.316 e. The molecule has 1 aromatic heterocycles. The van der Waals surface area contributed by atoms with Gasteiger partial charge in [0.1, 0.15) is 0 Å². The molecule has 0 aliphatic carbocycles. The number of carbonyl (C=O) groups excluding carboxylic acids is 1. The fraction of sp³-hybridized carbons (Fsp3) is 0.571. The molecule has 0 saturated carbocycles. The van der Waals surface area contributed by atoms with E-state index < -0.39 is 21.0 Å². The fourth-order valence-corrected chi connectivity index (χ4v) is 4.56. The van der Waals surface area contributed by atoms with Gasteiger partial charge < -0.3 is 14.0 Å². The lowest BCUT2D eigenvalue weighted by Gasteiger charge is -2.22. The van der Waals surface area contributed by atoms with Gasteiger partial charge in [0.2, 0.25) is 5.91 Å². The van der Waals surface area contributed by atoms with E-state index in [9.17, 15) is 22.8 Å². The quantitative estimate of drug-likeness (QED) is 0.528. The van der Waals surface area contributed by atoms with Gasteiger partial charge in [-0.15, -0.1) is 0 Å². The molecule has 166 valence electrons. The summed E-state index contributed by atoms with van der Waals surface area (Å²) in [6, 6.07) is 4.32. The van der Waals surface area contributed by atoms with Gasteiger partial charge in [-0.2, -0.15) is 0 Å². The third-order valence-corrected chi connectivity index (χ3v) is 7.04. The summed E-state index contributed by atoms with van der Waals surface area (Å²) >= 11 is 0. The number of aryl methyl sites for hydroxylation is 2. The summed E-state index contributed by atoms with van der Waals surface area (Å²) in [6.07, 6.45) is 3.62. The minimum absolute atomic E-state index is 0.0325. The number of sulfone groups is 1. The number of nitrogens with zero attached hydrogens (tertiary/aromatic N) is 3. The van der Waals surface area contributed by atoms with Gasteiger partial charge in [-0.05, 0) is 31.0 Å². The Kier molecular flexibility index (Phi) is 8.00. The average Bonchev–Trinajstić information content (AvgIpc) is 2.74. The molecule has 1 aromatic carbocycles. The highest BCUT2D eigenvalue weighted by Gasteiger charge is 2.21. The van der Waals surface area contributed by atoms with Gasteiger partial charge in [-0.1, -0.05) is 26.7 Å². The molecule has 0 fully saturated rings. The molecule has 1 amide bonds. The van der Waals surface area contributed by atoms with Crippen LogP contribution in [-0.4, -0.2) is 47.2 Å². The summed E-state index contributed by atoms with van der Waals surface area (Å²) in [6.45, 7) is 5.38. The number of rotatable bonds is 10. The minimum atomic E-state index is -3.72. The van der Waals surface area contributed by atoms with Crippen LogP contribution in [0.3, 0.4) is 0 Å². The van der Waals surface area contributed by atoms with Gasteiger partial charge in [0.15, 0.2) is 9.84 Å². The Morgan fingerprint density at radius 2 is 1.47 bits per heavy atom. The lowest BCUT2D eigenvalue weighted by Crippen LogP contribution is -2.39. The molecule has 0 bridgehead atoms. The molecule has 0 aliphatic heterocycles. The van der Waals surface area contributed by atoms with E-state index in [0.717, 1.165) is 30.3 Å². The van der Waals surface area contributed by atoms with Crippen LogP contribution in [0.2, 0.25) is 0 Å². The van der Waals surface area contributed by atoms with Gasteiger partial charge in [-0.25, -0.2) is 8.42 Å². The molecular weight excluding hydrogens is 406 g/mol. The van der Waals surface area contributed by atoms with E-state index in [-0.39, 0.29) is 23.0 Å². The van der Waals surface area contributed by atoms with Crippen LogP contribution in [0.1, 0.15) is 46.0 Å². The summed E-state index contributed by atoms with van der Waals surface area (Å²) in [5.41, 5.74) is -0.591. The zero-order valence-corrected chi connectivity index (χ0v) is 19.0. The first-order valence-electron chi connectivity index (χ1n) is 10.3. The van der Waals surface area contributed by atoms with Crippen LogP contribution in [0.15, 0.2) is 32.7 Å². The Morgan fingerprint density at radius 1 is 0.933 bits per heavy atom. The van der Waals surface area contributed by atoms with Gasteiger partial charge in [-0.3, -0.25) is 14.4 Å². The van der Waals surface area contributed by atoms with Crippen molar-refractivity contribution in [1.29, 1.82) is 0 Å². The van der Waals surface area contributed by atoms with Gasteiger partial charge >= 0.3 is 11.1 Å². The minimum Gasteiger partial charge on any atom is -0.343 e. The second kappa shape index (κ2) is 10.1. The summed E-state index contributed by atoms with van der Waals surface area (Å²) in [4.78, 5) is 38.4. The molecule has 1 heterocycles. The van der Waals surface area contributed by atoms with E-state index in [1.807, 2.05) is 0 Å². The molecule has 2 rings (SSSR count). The van der Waals surface area contributed by atoms with Gasteiger partial charge in [0.25, 0.3) is 0 Å². The normalized spacial score (nSPS) is 11.7. The van der Waals surface area contributed by atoms with Crippen molar-refractivity contribution in [3.05, 3.63) is 38.9 Å². The number of amides is 1. The zero-order chi connectivity index (χ0) is 22.5. The van der Waals surface area contributed by atoms with Crippen molar-refractivity contribution >= 4 is 26.8 Å². The molecule has 0 aliphatic rings. The highest BCUT2D eigenvalue weighted by atomic mass is 32.2. The Bertz CT molecular complexity index is 1120. The molecular formula is C21H31N3O5S. The number of hydrogen-bond acceptors (Lipinski definition) is 5. The van der Waals surface area contributed by atoms with E-state index in [1.54, 1.807) is 4.90 Å². The van der Waals surface area contributed by atoms with E-state index in [2.05, 4.69) is 13.8 Å². The van der Waals surface area contributed by atoms with Crippen LogP contribution in [-0.2, 0) is 28.7 Å². The highest BCUT2D eigenvalue weighted by molar-refractivity contribution is 7.91. The molecule has 0 atom stereocenters. The number of unbranched alkanes of at least 4 members (excludes halogenated alkanes) is 2. The van der Waals surface area contributed by atoms with Crippen LogP contribution in [0.5, 0.6) is 0 Å². The van der Waals surface area contributed by atoms with E-state index in [0.29, 0.717) is 24.1 Å². The molecule has 0 N–H and O–H groups in total. The maximum Gasteiger partial charge on any atom is 0.316 e. The van der Waals surface area contributed by atoms with Crippen LogP contribution in [0.25, 0.3) is 11.0 Å². The van der Waals surface area contributed by atoms with E-state index in [1.165, 1.54) is 36.9 Å². The largest absolute Gasteiger partial charge is 0.343 e. The van der Waals surface area contributed by atoms with Crippen molar-refractivity contribution in [3.63, 3.8) is 0 Å². The van der Waals surface area contributed by atoms with Crippen molar-refractivity contribution in [2.24, 2.45) is 14.1 Å². The third kappa shape index (κ3) is 5.19. The summed E-state index contributed by atoms with van der Waals surface area (Å²) < 4.78 is 28.1. The standard InChI is InChI=1S/C21H31N3O5S/c1-5-7-12-24(13-8-6-2)19(25)11-14-30(28,29)16-9-10-17-18(15-16)23(4)21(27)20(26)22(17)3/h9-10,15H,5-8,11-14H2,1-4H3. The summed E-state index contributed by atoms with van der Waals surface area (Å²) in [5, 5.41) is 0. The monoisotopic (exact) mass is 437 g/mol. The van der Waals surface area contributed by atoms with Crippen LogP contribution in [0, 0.1) is 0 Å². The molecule has 2 aromatic rings. The second-order valence-corrected chi connectivity index (χ2v) is 9.64. The van der Waals surface area contributed by atoms with Crippen molar-refractivity contribution in [2.45, 2.75) is 50.8 Å². The molecule has 0 saturated heterocycles. The number of benzene rings is 1. The Hall–Kier alpha value is -2.42. The van der Waals surface area contributed by atoms with Crippen LogP contribution < -0.4 is 11.1 Å². The lowest BCUT2D eigenvalue weighted by atomic mass is 10.2. The summed E-state index contributed by atoms with van der Waals surface area (Å²) in [5.74, 6) is -0.456. The maximum atomic E-state index is 12.9. The molecule has 0 spiro atoms. The zero-order valence-electron chi connectivity index (χ0n) is 18.2. The van der Waals surface area contributed by atoms with Crippen molar-refractivity contribution < 1.29 is 13.2 Å². The molecule has 9 heteroatoms. The first-order chi connectivity index (χ1) is 14.1. The summed E-state index contributed by atoms with van der Waals surface area (Å²) in [7, 11) is -0.816. The molecule has 0 radical (unpaired) electrons. The van der Waals surface area contributed by atoms with E-state index >= 15 is 0 Å². The van der Waals surface area contributed by atoms with Gasteiger partial charge in [0, 0.05) is 33.6 Å². The number of fused-ring (bicyclic) bond motifs is 1. The number of hydrogen-bond donors (Lipinski definition) is 0. The van der Waals surface area contributed by atoms with Crippen molar-refractivity contribution in [2.75, 3.05) is 18.8 Å². The van der Waals surface area contributed by atoms with Crippen molar-refractivity contribution in [1.82, 2.24) is 14.0 Å². The number of aromatic nitrogens is 2. The first-order valence-corrected chi connectivity index (χ1v) is 12.0. The lowest BCUT2D eigenvalue weighted by molar-refractivity contribution is -0.130. The Labute approximate surface area is 177 Å². The van der Waals surface area contributed by atoms with Crippen LogP contribution in [0.4, 0.5) is 0 Å². The molecule has 0 unspecified atom stereocenters. The molecule has 30 heavy (non-hydrogen) atoms. The third-order valence-electron chi connectivity index (χ3n) is 5.32. The first kappa shape index (κ1) is 23.9. The highest BCUT2D eigenvalue weighted by Crippen LogP contribution is 2.19.